The molecular formula is C17H26O. The van der Waals surface area contributed by atoms with Crippen molar-refractivity contribution < 1.29 is 5.11 Å². The molecule has 2 unspecified atom stereocenters. The highest BCUT2D eigenvalue weighted by Crippen LogP contribution is 2.49. The molecule has 0 amide bonds. The van der Waals surface area contributed by atoms with Crippen LogP contribution in [0.15, 0.2) is 30.3 Å². The largest absolute Gasteiger partial charge is 0.390 e. The van der Waals surface area contributed by atoms with E-state index in [0.29, 0.717) is 5.92 Å². The maximum absolute atomic E-state index is 10.4. The molecule has 100 valence electrons. The van der Waals surface area contributed by atoms with Gasteiger partial charge in [0.25, 0.3) is 0 Å². The molecule has 1 aliphatic rings. The van der Waals surface area contributed by atoms with E-state index < -0.39 is 0 Å². The van der Waals surface area contributed by atoms with Crippen LogP contribution in [0.5, 0.6) is 0 Å². The maximum atomic E-state index is 10.4. The van der Waals surface area contributed by atoms with Gasteiger partial charge < -0.3 is 5.11 Å². The molecule has 0 aromatic heterocycles. The van der Waals surface area contributed by atoms with Crippen LogP contribution in [0.25, 0.3) is 0 Å². The third-order valence-corrected chi connectivity index (χ3v) is 4.30. The first-order valence-corrected chi connectivity index (χ1v) is 7.51. The molecule has 1 aromatic carbocycles. The van der Waals surface area contributed by atoms with Gasteiger partial charge in [0, 0.05) is 0 Å². The van der Waals surface area contributed by atoms with Crippen molar-refractivity contribution in [1.82, 2.24) is 0 Å². The third-order valence-electron chi connectivity index (χ3n) is 4.30. The van der Waals surface area contributed by atoms with E-state index >= 15 is 0 Å². The average molecular weight is 246 g/mol. The highest BCUT2D eigenvalue weighted by atomic mass is 16.3. The second-order valence-electron chi connectivity index (χ2n) is 5.84. The average Bonchev–Trinajstić information content (AvgIpc) is 3.05. The Balaban J connectivity index is 1.65. The molecule has 0 heterocycles. The first kappa shape index (κ1) is 13.6. The predicted molar refractivity (Wildman–Crippen MR) is 76.6 cm³/mol. The zero-order valence-electron chi connectivity index (χ0n) is 11.6. The highest BCUT2D eigenvalue weighted by Gasteiger charge is 2.51. The minimum absolute atomic E-state index is 0.331. The van der Waals surface area contributed by atoms with E-state index in [2.05, 4.69) is 31.2 Å². The van der Waals surface area contributed by atoms with Crippen LogP contribution in [0.4, 0.5) is 0 Å². The molecule has 0 radical (unpaired) electrons. The summed E-state index contributed by atoms with van der Waals surface area (Å²) in [7, 11) is 0. The summed E-state index contributed by atoms with van der Waals surface area (Å²) in [6, 6.07) is 10.5. The van der Waals surface area contributed by atoms with Gasteiger partial charge in [-0.25, -0.2) is 0 Å². The van der Waals surface area contributed by atoms with Crippen molar-refractivity contribution in [2.45, 2.75) is 63.9 Å². The first-order valence-electron chi connectivity index (χ1n) is 7.51. The molecule has 0 spiro atoms. The molecule has 0 saturated heterocycles. The molecule has 1 saturated carbocycles. The van der Waals surface area contributed by atoms with Crippen molar-refractivity contribution in [3.05, 3.63) is 35.9 Å². The Kier molecular flexibility index (Phi) is 4.82. The minimum Gasteiger partial charge on any atom is -0.390 e. The van der Waals surface area contributed by atoms with Crippen LogP contribution < -0.4 is 0 Å². The van der Waals surface area contributed by atoms with Gasteiger partial charge in [-0.05, 0) is 37.2 Å². The summed E-state index contributed by atoms with van der Waals surface area (Å²) < 4.78 is 0. The Morgan fingerprint density at radius 3 is 2.67 bits per heavy atom. The van der Waals surface area contributed by atoms with Crippen LogP contribution in [-0.4, -0.2) is 10.7 Å². The Bertz CT molecular complexity index is 346. The van der Waals surface area contributed by atoms with Crippen molar-refractivity contribution in [2.75, 3.05) is 0 Å². The number of hydrogen-bond acceptors (Lipinski definition) is 1. The molecule has 1 N–H and O–H groups in total. The zero-order valence-corrected chi connectivity index (χ0v) is 11.6. The normalized spacial score (nSPS) is 26.2. The van der Waals surface area contributed by atoms with Gasteiger partial charge >= 0.3 is 0 Å². The van der Waals surface area contributed by atoms with E-state index in [-0.39, 0.29) is 5.60 Å². The van der Waals surface area contributed by atoms with E-state index in [0.717, 1.165) is 19.3 Å². The lowest BCUT2D eigenvalue weighted by atomic mass is 10.0. The Hall–Kier alpha value is -0.820. The van der Waals surface area contributed by atoms with Gasteiger partial charge in [-0.15, -0.1) is 0 Å². The van der Waals surface area contributed by atoms with Gasteiger partial charge in [-0.3, -0.25) is 0 Å². The van der Waals surface area contributed by atoms with Gasteiger partial charge in [0.05, 0.1) is 5.60 Å². The lowest BCUT2D eigenvalue weighted by Gasteiger charge is -2.10. The molecule has 1 heteroatoms. The molecule has 0 aliphatic heterocycles. The summed E-state index contributed by atoms with van der Waals surface area (Å²) in [5, 5.41) is 10.4. The molecule has 1 aliphatic carbocycles. The fourth-order valence-electron chi connectivity index (χ4n) is 2.87. The van der Waals surface area contributed by atoms with Gasteiger partial charge in [0.2, 0.25) is 0 Å². The second kappa shape index (κ2) is 6.38. The van der Waals surface area contributed by atoms with Gasteiger partial charge in [0.1, 0.15) is 0 Å². The number of aliphatic hydroxyl groups is 1. The summed E-state index contributed by atoms with van der Waals surface area (Å²) in [6.45, 7) is 2.24. The van der Waals surface area contributed by atoms with Crippen molar-refractivity contribution in [2.24, 2.45) is 5.92 Å². The third kappa shape index (κ3) is 3.84. The number of rotatable bonds is 8. The summed E-state index contributed by atoms with van der Waals surface area (Å²) in [4.78, 5) is 0. The maximum Gasteiger partial charge on any atom is 0.0683 e. The van der Waals surface area contributed by atoms with Crippen molar-refractivity contribution in [3.63, 3.8) is 0 Å². The molecule has 1 nitrogen and oxygen atoms in total. The first-order chi connectivity index (χ1) is 8.74. The van der Waals surface area contributed by atoms with Crippen molar-refractivity contribution in [1.29, 1.82) is 0 Å². The van der Waals surface area contributed by atoms with Crippen LogP contribution in [0.3, 0.4) is 0 Å². The predicted octanol–water partition coefficient (Wildman–Crippen LogP) is 4.34. The molecule has 18 heavy (non-hydrogen) atoms. The quantitative estimate of drug-likeness (QED) is 0.676. The molecule has 1 aromatic rings. The number of hydrogen-bond donors (Lipinski definition) is 1. The van der Waals surface area contributed by atoms with Crippen molar-refractivity contribution >= 4 is 0 Å². The van der Waals surface area contributed by atoms with Crippen molar-refractivity contribution in [3.8, 4) is 0 Å². The lowest BCUT2D eigenvalue weighted by molar-refractivity contribution is 0.119. The number of benzene rings is 1. The lowest BCUT2D eigenvalue weighted by Crippen LogP contribution is -2.12. The van der Waals surface area contributed by atoms with Crippen LogP contribution in [0.1, 0.15) is 57.4 Å². The Morgan fingerprint density at radius 2 is 1.94 bits per heavy atom. The minimum atomic E-state index is -0.331. The van der Waals surface area contributed by atoms with Gasteiger partial charge in [-0.2, -0.15) is 0 Å². The van der Waals surface area contributed by atoms with E-state index in [1.165, 1.54) is 37.7 Å². The highest BCUT2D eigenvalue weighted by molar-refractivity contribution is 5.16. The molecule has 2 atom stereocenters. The SMILES string of the molecule is CCCCCCC1CC1(O)CCc1ccccc1. The fourth-order valence-corrected chi connectivity index (χ4v) is 2.87. The van der Waals surface area contributed by atoms with Crippen LogP contribution in [0.2, 0.25) is 0 Å². The second-order valence-corrected chi connectivity index (χ2v) is 5.84. The van der Waals surface area contributed by atoms with Gasteiger partial charge in [-0.1, -0.05) is 62.9 Å². The zero-order chi connectivity index (χ0) is 12.8. The number of unbranched alkanes of at least 4 members (excludes halogenated alkanes) is 3. The van der Waals surface area contributed by atoms with E-state index in [1.807, 2.05) is 6.07 Å². The van der Waals surface area contributed by atoms with Crippen LogP contribution in [0, 0.1) is 5.92 Å². The molecule has 2 rings (SSSR count). The van der Waals surface area contributed by atoms with Crippen LogP contribution >= 0.6 is 0 Å². The number of aryl methyl sites for hydroxylation is 1. The molecule has 0 bridgehead atoms. The molecular weight excluding hydrogens is 220 g/mol. The monoisotopic (exact) mass is 246 g/mol. The molecule has 1 fully saturated rings. The van der Waals surface area contributed by atoms with E-state index in [1.54, 1.807) is 0 Å². The van der Waals surface area contributed by atoms with Gasteiger partial charge in [0.15, 0.2) is 0 Å². The Morgan fingerprint density at radius 1 is 1.17 bits per heavy atom. The van der Waals surface area contributed by atoms with E-state index in [9.17, 15) is 5.11 Å². The fraction of sp³-hybridized carbons (Fsp3) is 0.647. The standard InChI is InChI=1S/C17H26O/c1-2-3-4-8-11-16-14-17(16,18)13-12-15-9-6-5-7-10-15/h5-7,9-10,16,18H,2-4,8,11-14H2,1H3. The van der Waals surface area contributed by atoms with E-state index in [4.69, 9.17) is 0 Å². The topological polar surface area (TPSA) is 20.2 Å². The summed E-state index contributed by atoms with van der Waals surface area (Å²) in [6.07, 6.45) is 9.49. The Labute approximate surface area is 111 Å². The smallest absolute Gasteiger partial charge is 0.0683 e. The summed E-state index contributed by atoms with van der Waals surface area (Å²) in [5.41, 5.74) is 1.02. The summed E-state index contributed by atoms with van der Waals surface area (Å²) in [5.74, 6) is 0.582. The van der Waals surface area contributed by atoms with Crippen LogP contribution in [-0.2, 0) is 6.42 Å². The summed E-state index contributed by atoms with van der Waals surface area (Å²) >= 11 is 0.